The molecule has 30 heavy (non-hydrogen) atoms. The van der Waals surface area contributed by atoms with Gasteiger partial charge in [0.15, 0.2) is 0 Å². The number of hydrogen-bond acceptors (Lipinski definition) is 5. The third-order valence-corrected chi connectivity index (χ3v) is 5.50. The molecule has 0 bridgehead atoms. The molecule has 1 saturated heterocycles. The zero-order valence-electron chi connectivity index (χ0n) is 17.9. The summed E-state index contributed by atoms with van der Waals surface area (Å²) in [6.45, 7) is 5.44. The summed E-state index contributed by atoms with van der Waals surface area (Å²) >= 11 is 0. The van der Waals surface area contributed by atoms with Gasteiger partial charge in [-0.15, -0.1) is 0 Å². The van der Waals surface area contributed by atoms with Gasteiger partial charge in [0.25, 0.3) is 0 Å². The first-order valence-electron chi connectivity index (χ1n) is 10.7. The van der Waals surface area contributed by atoms with Crippen molar-refractivity contribution in [2.75, 3.05) is 38.2 Å². The van der Waals surface area contributed by atoms with Crippen molar-refractivity contribution >= 4 is 11.7 Å². The number of fused-ring (bicyclic) bond motifs is 1. The van der Waals surface area contributed by atoms with E-state index in [9.17, 15) is 4.79 Å². The summed E-state index contributed by atoms with van der Waals surface area (Å²) in [4.78, 5) is 19.6. The Morgan fingerprint density at radius 2 is 2.13 bits per heavy atom. The van der Waals surface area contributed by atoms with Crippen LogP contribution in [0.3, 0.4) is 0 Å². The number of aromatic nitrogens is 1. The van der Waals surface area contributed by atoms with E-state index in [4.69, 9.17) is 10.00 Å². The lowest BCUT2D eigenvalue weighted by atomic mass is 10.0. The van der Waals surface area contributed by atoms with Crippen molar-refractivity contribution in [3.05, 3.63) is 53.2 Å². The van der Waals surface area contributed by atoms with Crippen LogP contribution in [0, 0.1) is 11.3 Å². The molecule has 1 fully saturated rings. The van der Waals surface area contributed by atoms with Crippen LogP contribution in [0.2, 0.25) is 0 Å². The largest absolute Gasteiger partial charge is 0.493 e. The van der Waals surface area contributed by atoms with E-state index in [0.29, 0.717) is 12.0 Å². The number of anilines is 1. The van der Waals surface area contributed by atoms with E-state index in [0.717, 1.165) is 50.7 Å². The van der Waals surface area contributed by atoms with E-state index < -0.39 is 0 Å². The predicted molar refractivity (Wildman–Crippen MR) is 118 cm³/mol. The van der Waals surface area contributed by atoms with Crippen LogP contribution in [0.1, 0.15) is 42.9 Å². The van der Waals surface area contributed by atoms with Gasteiger partial charge in [0.1, 0.15) is 17.6 Å². The van der Waals surface area contributed by atoms with Gasteiger partial charge in [-0.3, -0.25) is 4.79 Å². The number of hydrogen-bond donors (Lipinski definition) is 0. The lowest BCUT2D eigenvalue weighted by molar-refractivity contribution is -0.127. The SMILES string of the molecule is CCCc1cccc2c1CCO2.CN(CCN1CCCC1=O)c1ccc(C#N)cn1. The van der Waals surface area contributed by atoms with Crippen LogP contribution in [0.4, 0.5) is 5.82 Å². The monoisotopic (exact) mass is 406 g/mol. The van der Waals surface area contributed by atoms with Crippen molar-refractivity contribution in [1.29, 1.82) is 5.26 Å². The minimum absolute atomic E-state index is 0.246. The number of carbonyl (C=O) groups is 1. The van der Waals surface area contributed by atoms with Crippen LogP contribution < -0.4 is 9.64 Å². The number of nitriles is 1. The van der Waals surface area contributed by atoms with Crippen LogP contribution >= 0.6 is 0 Å². The summed E-state index contributed by atoms with van der Waals surface area (Å²) in [6, 6.07) is 12.0. The molecule has 6 heteroatoms. The zero-order chi connectivity index (χ0) is 21.3. The molecule has 0 unspecified atom stereocenters. The fourth-order valence-corrected chi connectivity index (χ4v) is 3.80. The van der Waals surface area contributed by atoms with E-state index in [1.54, 1.807) is 12.3 Å². The van der Waals surface area contributed by atoms with Crippen LogP contribution in [-0.4, -0.2) is 49.1 Å². The fraction of sp³-hybridized carbons (Fsp3) is 0.458. The number of aryl methyl sites for hydroxylation is 1. The molecule has 0 aliphatic carbocycles. The van der Waals surface area contributed by atoms with E-state index in [2.05, 4.69) is 30.1 Å². The van der Waals surface area contributed by atoms with Crippen LogP contribution in [0.25, 0.3) is 0 Å². The van der Waals surface area contributed by atoms with Gasteiger partial charge < -0.3 is 14.5 Å². The lowest BCUT2D eigenvalue weighted by Crippen LogP contribution is -2.34. The average Bonchev–Trinajstić information content (AvgIpc) is 3.42. The van der Waals surface area contributed by atoms with Crippen molar-refractivity contribution < 1.29 is 9.53 Å². The first-order chi connectivity index (χ1) is 14.6. The summed E-state index contributed by atoms with van der Waals surface area (Å²) in [5.74, 6) is 2.18. The second-order valence-corrected chi connectivity index (χ2v) is 7.67. The van der Waals surface area contributed by atoms with Gasteiger partial charge in [-0.2, -0.15) is 5.26 Å². The Morgan fingerprint density at radius 1 is 1.27 bits per heavy atom. The van der Waals surface area contributed by atoms with Crippen LogP contribution in [-0.2, 0) is 17.6 Å². The molecule has 2 aliphatic heterocycles. The third kappa shape index (κ3) is 5.50. The van der Waals surface area contributed by atoms with Gasteiger partial charge in [-0.05, 0) is 36.6 Å². The molecule has 2 aliphatic rings. The Labute approximate surface area is 179 Å². The first kappa shape index (κ1) is 21.6. The van der Waals surface area contributed by atoms with E-state index in [-0.39, 0.29) is 5.91 Å². The number of ether oxygens (including phenoxy) is 1. The summed E-state index contributed by atoms with van der Waals surface area (Å²) in [5, 5.41) is 8.70. The Kier molecular flexibility index (Phi) is 7.67. The molecule has 1 aromatic carbocycles. The lowest BCUT2D eigenvalue weighted by Gasteiger charge is -2.22. The predicted octanol–water partition coefficient (Wildman–Crippen LogP) is 3.59. The maximum atomic E-state index is 11.5. The number of rotatable bonds is 6. The minimum Gasteiger partial charge on any atom is -0.493 e. The average molecular weight is 407 g/mol. The Morgan fingerprint density at radius 3 is 2.80 bits per heavy atom. The maximum absolute atomic E-state index is 11.5. The highest BCUT2D eigenvalue weighted by Crippen LogP contribution is 2.28. The zero-order valence-corrected chi connectivity index (χ0v) is 17.9. The highest BCUT2D eigenvalue weighted by atomic mass is 16.5. The van der Waals surface area contributed by atoms with Crippen molar-refractivity contribution in [3.8, 4) is 11.8 Å². The number of nitrogens with zero attached hydrogens (tertiary/aromatic N) is 4. The highest BCUT2D eigenvalue weighted by Gasteiger charge is 2.20. The standard InChI is InChI=1S/C13H16N4O.C11H14O/c1-16(7-8-17-6-2-3-13(17)18)12-5-4-11(9-14)10-15-12;1-2-4-9-5-3-6-11-10(9)7-8-12-11/h4-5,10H,2-3,6-8H2,1H3;3,5-6H,2,4,7-8H2,1H3. The quantitative estimate of drug-likeness (QED) is 0.733. The Hall–Kier alpha value is -3.07. The van der Waals surface area contributed by atoms with Gasteiger partial charge in [-0.1, -0.05) is 25.5 Å². The second-order valence-electron chi connectivity index (χ2n) is 7.67. The third-order valence-electron chi connectivity index (χ3n) is 5.50. The van der Waals surface area contributed by atoms with Crippen molar-refractivity contribution in [2.24, 2.45) is 0 Å². The molecule has 2 aromatic rings. The molecule has 0 N–H and O–H groups in total. The van der Waals surface area contributed by atoms with Gasteiger partial charge in [-0.25, -0.2) is 4.98 Å². The molecule has 3 heterocycles. The van der Waals surface area contributed by atoms with Gasteiger partial charge >= 0.3 is 0 Å². The molecule has 0 spiro atoms. The minimum atomic E-state index is 0.246. The summed E-state index contributed by atoms with van der Waals surface area (Å²) < 4.78 is 5.49. The maximum Gasteiger partial charge on any atom is 0.222 e. The molecule has 0 atom stereocenters. The van der Waals surface area contributed by atoms with Crippen molar-refractivity contribution in [1.82, 2.24) is 9.88 Å². The van der Waals surface area contributed by atoms with E-state index in [1.165, 1.54) is 24.0 Å². The molecule has 6 nitrogen and oxygen atoms in total. The van der Waals surface area contributed by atoms with E-state index >= 15 is 0 Å². The van der Waals surface area contributed by atoms with Crippen LogP contribution in [0.15, 0.2) is 36.5 Å². The fourth-order valence-electron chi connectivity index (χ4n) is 3.80. The first-order valence-corrected chi connectivity index (χ1v) is 10.7. The number of likely N-dealkylation sites (tertiary alicyclic amines) is 1. The number of carbonyl (C=O) groups excluding carboxylic acids is 1. The number of likely N-dealkylation sites (N-methyl/N-ethyl adjacent to an activating group) is 1. The Bertz CT molecular complexity index is 889. The molecular weight excluding hydrogens is 376 g/mol. The number of benzene rings is 1. The smallest absolute Gasteiger partial charge is 0.222 e. The van der Waals surface area contributed by atoms with Gasteiger partial charge in [0.2, 0.25) is 5.91 Å². The summed E-state index contributed by atoms with van der Waals surface area (Å²) in [5.41, 5.74) is 3.48. The summed E-state index contributed by atoms with van der Waals surface area (Å²) in [7, 11) is 1.94. The summed E-state index contributed by atoms with van der Waals surface area (Å²) in [6.07, 6.45) is 6.72. The van der Waals surface area contributed by atoms with E-state index in [1.807, 2.05) is 29.0 Å². The molecule has 158 valence electrons. The molecular formula is C24H30N4O2. The van der Waals surface area contributed by atoms with Crippen LogP contribution in [0.5, 0.6) is 5.75 Å². The Balaban J connectivity index is 0.000000184. The number of pyridine rings is 1. The van der Waals surface area contributed by atoms with Crippen molar-refractivity contribution in [3.63, 3.8) is 0 Å². The van der Waals surface area contributed by atoms with Gasteiger partial charge in [0.05, 0.1) is 12.2 Å². The molecule has 0 saturated carbocycles. The van der Waals surface area contributed by atoms with Crippen molar-refractivity contribution in [2.45, 2.75) is 39.0 Å². The second kappa shape index (κ2) is 10.6. The molecule has 4 rings (SSSR count). The van der Waals surface area contributed by atoms with Gasteiger partial charge in [0, 0.05) is 51.3 Å². The number of amides is 1. The molecule has 1 aromatic heterocycles. The molecule has 1 amide bonds. The normalized spacial score (nSPS) is 14.4. The molecule has 0 radical (unpaired) electrons. The highest BCUT2D eigenvalue weighted by molar-refractivity contribution is 5.78. The topological polar surface area (TPSA) is 69.5 Å².